The second-order valence-electron chi connectivity index (χ2n) is 5.01. The van der Waals surface area contributed by atoms with Crippen LogP contribution in [0.4, 0.5) is 0 Å². The Morgan fingerprint density at radius 3 is 2.19 bits per heavy atom. The summed E-state index contributed by atoms with van der Waals surface area (Å²) in [4.78, 5) is 0. The third-order valence-corrected chi connectivity index (χ3v) is 4.17. The third-order valence-electron chi connectivity index (χ3n) is 3.49. The van der Waals surface area contributed by atoms with Crippen molar-refractivity contribution in [2.75, 3.05) is 0 Å². The van der Waals surface area contributed by atoms with Crippen LogP contribution in [0.1, 0.15) is 52.9 Å². The van der Waals surface area contributed by atoms with Crippen molar-refractivity contribution in [3.63, 3.8) is 0 Å². The maximum Gasteiger partial charge on any atom is 0.190 e. The van der Waals surface area contributed by atoms with E-state index in [1.807, 2.05) is 6.56 Å². The Bertz CT molecular complexity index is 150. The molecule has 0 spiro atoms. The largest absolute Gasteiger partial charge is 0.235 e. The standard InChI is InChI=1S/C12H26B2S2/c1-4-12(14-16)7-5-6-11(10(2)3)8-9-13-15/h10-12,15-16H,4-9H2,1-3H3. The molecule has 0 rings (SSSR count). The molecule has 0 aromatic carbocycles. The Balaban J connectivity index is 3.74. The van der Waals surface area contributed by atoms with E-state index in [1.54, 1.807) is 0 Å². The van der Waals surface area contributed by atoms with Crippen LogP contribution in [-0.2, 0) is 0 Å². The average Bonchev–Trinajstić information content (AvgIpc) is 2.28. The summed E-state index contributed by atoms with van der Waals surface area (Å²) in [6.45, 7) is 11.0. The van der Waals surface area contributed by atoms with Gasteiger partial charge in [0.2, 0.25) is 0 Å². The fourth-order valence-electron chi connectivity index (χ4n) is 2.13. The van der Waals surface area contributed by atoms with Crippen LogP contribution in [0.2, 0.25) is 12.1 Å². The van der Waals surface area contributed by atoms with E-state index in [0.29, 0.717) is 5.82 Å². The quantitative estimate of drug-likeness (QED) is 0.416. The molecule has 0 aromatic heterocycles. The van der Waals surface area contributed by atoms with Gasteiger partial charge in [-0.3, -0.25) is 0 Å². The van der Waals surface area contributed by atoms with Gasteiger partial charge in [0, 0.05) is 0 Å². The molecule has 0 fully saturated rings. The van der Waals surface area contributed by atoms with Gasteiger partial charge in [0.05, 0.1) is 0 Å². The van der Waals surface area contributed by atoms with Gasteiger partial charge >= 0.3 is 0 Å². The smallest absolute Gasteiger partial charge is 0.190 e. The highest BCUT2D eigenvalue weighted by molar-refractivity contribution is 8.07. The molecule has 2 atom stereocenters. The van der Waals surface area contributed by atoms with Crippen molar-refractivity contribution in [1.29, 1.82) is 0 Å². The van der Waals surface area contributed by atoms with Gasteiger partial charge in [-0.15, -0.1) is 0 Å². The van der Waals surface area contributed by atoms with Gasteiger partial charge in [-0.2, -0.15) is 0 Å². The van der Waals surface area contributed by atoms with E-state index in [4.69, 9.17) is 0 Å². The summed E-state index contributed by atoms with van der Waals surface area (Å²) < 4.78 is 0. The van der Waals surface area contributed by atoms with Gasteiger partial charge in [-0.05, 0) is 11.8 Å². The monoisotopic (exact) mass is 256 g/mol. The van der Waals surface area contributed by atoms with E-state index in [9.17, 15) is 0 Å². The molecule has 0 bridgehead atoms. The molecule has 0 amide bonds. The molecule has 0 aliphatic heterocycles. The summed E-state index contributed by atoms with van der Waals surface area (Å²) in [5.74, 6) is 2.36. The van der Waals surface area contributed by atoms with Gasteiger partial charge < -0.3 is 0 Å². The zero-order chi connectivity index (χ0) is 12.4. The van der Waals surface area contributed by atoms with Crippen molar-refractivity contribution in [3.05, 3.63) is 0 Å². The van der Waals surface area contributed by atoms with Crippen LogP contribution in [0.25, 0.3) is 0 Å². The Labute approximate surface area is 115 Å². The first-order valence-corrected chi connectivity index (χ1v) is 7.62. The molecule has 4 heteroatoms. The molecule has 2 radical (unpaired) electrons. The van der Waals surface area contributed by atoms with E-state index in [2.05, 4.69) is 52.3 Å². The Hall–Kier alpha value is 0.830. The summed E-state index contributed by atoms with van der Waals surface area (Å²) in [5, 5.41) is 0. The zero-order valence-electron chi connectivity index (χ0n) is 11.0. The van der Waals surface area contributed by atoms with E-state index < -0.39 is 0 Å². The SMILES string of the molecule is CCC([B]S)CCCC(CC[B]S)C(C)C. The van der Waals surface area contributed by atoms with Crippen LogP contribution in [0, 0.1) is 11.8 Å². The Morgan fingerprint density at radius 2 is 1.75 bits per heavy atom. The fraction of sp³-hybridized carbons (Fsp3) is 1.00. The van der Waals surface area contributed by atoms with Gasteiger partial charge in [0.1, 0.15) is 0 Å². The molecule has 0 aromatic rings. The van der Waals surface area contributed by atoms with E-state index >= 15 is 0 Å². The molecule has 0 saturated heterocycles. The second kappa shape index (κ2) is 11.0. The molecule has 0 saturated carbocycles. The summed E-state index contributed by atoms with van der Waals surface area (Å²) in [5.41, 5.74) is 0. The van der Waals surface area contributed by atoms with Crippen LogP contribution < -0.4 is 0 Å². The van der Waals surface area contributed by atoms with Crippen LogP contribution >= 0.6 is 25.0 Å². The summed E-state index contributed by atoms with van der Waals surface area (Å²) in [6.07, 6.45) is 7.65. The average molecular weight is 256 g/mol. The molecule has 0 aliphatic rings. The van der Waals surface area contributed by atoms with Gasteiger partial charge in [0.15, 0.2) is 13.1 Å². The van der Waals surface area contributed by atoms with Gasteiger partial charge in [-0.25, -0.2) is 25.0 Å². The first-order chi connectivity index (χ1) is 7.65. The fourth-order valence-corrected chi connectivity index (χ4v) is 2.63. The highest BCUT2D eigenvalue weighted by Gasteiger charge is 2.13. The highest BCUT2D eigenvalue weighted by Crippen LogP contribution is 2.26. The molecule has 16 heavy (non-hydrogen) atoms. The van der Waals surface area contributed by atoms with E-state index in [0.717, 1.165) is 18.2 Å². The summed E-state index contributed by atoms with van der Waals surface area (Å²) in [7, 11) is 0. The molecule has 0 N–H and O–H groups in total. The maximum absolute atomic E-state index is 4.28. The van der Waals surface area contributed by atoms with Crippen molar-refractivity contribution in [2.45, 2.75) is 65.0 Å². The second-order valence-corrected chi connectivity index (χ2v) is 5.68. The predicted molar refractivity (Wildman–Crippen MR) is 85.1 cm³/mol. The van der Waals surface area contributed by atoms with Crippen molar-refractivity contribution in [1.82, 2.24) is 0 Å². The highest BCUT2D eigenvalue weighted by atomic mass is 32.1. The summed E-state index contributed by atoms with van der Waals surface area (Å²) in [6, 6.07) is 0. The molecule has 0 heterocycles. The van der Waals surface area contributed by atoms with Gasteiger partial charge in [0.25, 0.3) is 0 Å². The lowest BCUT2D eigenvalue weighted by Crippen LogP contribution is -2.10. The molecule has 92 valence electrons. The van der Waals surface area contributed by atoms with Crippen LogP contribution in [0.3, 0.4) is 0 Å². The lowest BCUT2D eigenvalue weighted by atomic mass is 9.77. The van der Waals surface area contributed by atoms with Crippen molar-refractivity contribution in [3.8, 4) is 0 Å². The molecule has 0 aliphatic carbocycles. The Kier molecular flexibility index (Phi) is 11.5. The zero-order valence-corrected chi connectivity index (χ0v) is 12.8. The first kappa shape index (κ1) is 16.8. The molecular weight excluding hydrogens is 230 g/mol. The third kappa shape index (κ3) is 8.00. The molecule has 0 nitrogen and oxygen atoms in total. The minimum atomic E-state index is 0.701. The number of hydrogen-bond acceptors (Lipinski definition) is 2. The predicted octanol–water partition coefficient (Wildman–Crippen LogP) is 4.53. The number of thiol groups is 2. The lowest BCUT2D eigenvalue weighted by Gasteiger charge is -2.21. The lowest BCUT2D eigenvalue weighted by molar-refractivity contribution is 0.336. The van der Waals surface area contributed by atoms with Crippen LogP contribution in [0.5, 0.6) is 0 Å². The number of rotatable bonds is 10. The summed E-state index contributed by atoms with van der Waals surface area (Å²) >= 11 is 8.45. The first-order valence-electron chi connectivity index (χ1n) is 6.59. The van der Waals surface area contributed by atoms with Crippen molar-refractivity contribution < 1.29 is 0 Å². The Morgan fingerprint density at radius 1 is 1.06 bits per heavy atom. The van der Waals surface area contributed by atoms with E-state index in [-0.39, 0.29) is 0 Å². The van der Waals surface area contributed by atoms with Crippen LogP contribution in [0.15, 0.2) is 0 Å². The van der Waals surface area contributed by atoms with Gasteiger partial charge in [-0.1, -0.05) is 65.0 Å². The molecule has 2 unspecified atom stereocenters. The maximum atomic E-state index is 4.28. The van der Waals surface area contributed by atoms with Crippen LogP contribution in [-0.4, -0.2) is 13.1 Å². The normalized spacial score (nSPS) is 14.9. The van der Waals surface area contributed by atoms with Crippen molar-refractivity contribution >= 4 is 38.1 Å². The minimum absolute atomic E-state index is 0.701. The van der Waals surface area contributed by atoms with Crippen molar-refractivity contribution in [2.24, 2.45) is 11.8 Å². The number of hydrogen-bond donors (Lipinski definition) is 2. The topological polar surface area (TPSA) is 0 Å². The minimum Gasteiger partial charge on any atom is -0.235 e. The molecular formula is C12H26B2S2. The van der Waals surface area contributed by atoms with E-state index in [1.165, 1.54) is 32.1 Å².